The quantitative estimate of drug-likeness (QED) is 0.221. The van der Waals surface area contributed by atoms with Crippen molar-refractivity contribution < 1.29 is 28.9 Å². The summed E-state index contributed by atoms with van der Waals surface area (Å²) >= 11 is 0. The topological polar surface area (TPSA) is 30.2 Å². The van der Waals surface area contributed by atoms with Gasteiger partial charge in [0.1, 0.15) is 0 Å². The summed E-state index contributed by atoms with van der Waals surface area (Å²) in [5.74, 6) is -1.81. The van der Waals surface area contributed by atoms with Crippen LogP contribution in [0.4, 0.5) is 8.78 Å². The molecule has 4 aromatic rings. The third-order valence-corrected chi connectivity index (χ3v) is 6.01. The van der Waals surface area contributed by atoms with E-state index in [0.29, 0.717) is 5.69 Å². The van der Waals surface area contributed by atoms with Crippen LogP contribution in [0.2, 0.25) is 0 Å². The van der Waals surface area contributed by atoms with Crippen LogP contribution in [0.5, 0.6) is 0 Å². The maximum Gasteiger partial charge on any atom is 3.00 e. The van der Waals surface area contributed by atoms with Crippen LogP contribution in [-0.2, 0) is 26.5 Å². The minimum absolute atomic E-state index is 0. The minimum atomic E-state index is -0.920. The van der Waals surface area contributed by atoms with E-state index in [1.165, 1.54) is 17.2 Å². The molecular weight excluding hydrogens is 621 g/mol. The molecule has 0 aliphatic carbocycles. The Morgan fingerprint density at radius 2 is 1.86 bits per heavy atom. The number of hydrogen-bond donors (Lipinski definition) is 0. The van der Waals surface area contributed by atoms with Crippen molar-refractivity contribution in [2.24, 2.45) is 0 Å². The number of rotatable bonds is 2. The van der Waals surface area contributed by atoms with Gasteiger partial charge in [-0.25, -0.2) is 4.39 Å². The summed E-state index contributed by atoms with van der Waals surface area (Å²) in [4.78, 5) is 6.51. The van der Waals surface area contributed by atoms with Gasteiger partial charge in [0.2, 0.25) is 0 Å². The summed E-state index contributed by atoms with van der Waals surface area (Å²) in [7, 11) is 0. The summed E-state index contributed by atoms with van der Waals surface area (Å²) < 4.78 is 27.1. The smallest absolute Gasteiger partial charge is 0.668 e. The van der Waals surface area contributed by atoms with Gasteiger partial charge in [-0.15, -0.1) is 18.2 Å². The van der Waals surface area contributed by atoms with Gasteiger partial charge in [-0.05, 0) is 36.1 Å². The zero-order valence-corrected chi connectivity index (χ0v) is 21.4. The van der Waals surface area contributed by atoms with Crippen molar-refractivity contribution in [2.75, 3.05) is 6.54 Å². The standard InChI is InChI=1S/C18H12F2N.C11H10N2.Ir/c1-12-10-17(14-8-5-9-16(19)18(14)20)21-11-15(12)13-6-3-2-4-7-13;1-2-4-10-9(3-1)5-7-13-8-6-12-11(10)13;/h2-7,9-11H,1H3;1-3,6,8,11H,5,7H2;/q-1;-2;+3. The van der Waals surface area contributed by atoms with Gasteiger partial charge in [-0.1, -0.05) is 48.4 Å². The Balaban J connectivity index is 0.000000177. The van der Waals surface area contributed by atoms with Gasteiger partial charge in [-0.2, -0.15) is 41.6 Å². The second-order valence-electron chi connectivity index (χ2n) is 8.18. The Morgan fingerprint density at radius 3 is 2.66 bits per heavy atom. The van der Waals surface area contributed by atoms with Crippen LogP contribution >= 0.6 is 0 Å². The largest absolute Gasteiger partial charge is 3.00 e. The predicted octanol–water partition coefficient (Wildman–Crippen LogP) is 7.00. The average molecular weight is 643 g/mol. The van der Waals surface area contributed by atoms with Crippen LogP contribution in [0.1, 0.15) is 22.9 Å². The van der Waals surface area contributed by atoms with Gasteiger partial charge in [0.25, 0.3) is 0 Å². The first-order valence-electron chi connectivity index (χ1n) is 11.1. The minimum Gasteiger partial charge on any atom is -0.668 e. The molecule has 0 saturated carbocycles. The van der Waals surface area contributed by atoms with E-state index in [0.717, 1.165) is 35.7 Å². The summed E-state index contributed by atoms with van der Waals surface area (Å²) in [5, 5.41) is 4.41. The van der Waals surface area contributed by atoms with Crippen molar-refractivity contribution in [3.05, 3.63) is 131 Å². The van der Waals surface area contributed by atoms with Crippen molar-refractivity contribution in [3.63, 3.8) is 0 Å². The Hall–Kier alpha value is -3.34. The Bertz CT molecular complexity index is 1340. The molecule has 2 aliphatic heterocycles. The maximum atomic E-state index is 13.8. The van der Waals surface area contributed by atoms with Crippen LogP contribution < -0.4 is 0 Å². The Kier molecular flexibility index (Phi) is 7.74. The van der Waals surface area contributed by atoms with E-state index in [2.05, 4.69) is 45.7 Å². The van der Waals surface area contributed by atoms with Crippen LogP contribution in [0, 0.1) is 30.7 Å². The molecule has 0 bridgehead atoms. The molecule has 3 nitrogen and oxygen atoms in total. The van der Waals surface area contributed by atoms with Crippen molar-refractivity contribution >= 4 is 0 Å². The normalized spacial score (nSPS) is 15.2. The monoisotopic (exact) mass is 643 g/mol. The van der Waals surface area contributed by atoms with E-state index in [4.69, 9.17) is 0 Å². The van der Waals surface area contributed by atoms with Gasteiger partial charge in [0.15, 0.2) is 0 Å². The number of pyridine rings is 1. The molecule has 2 aliphatic rings. The molecule has 0 fully saturated rings. The Labute approximate surface area is 217 Å². The fourth-order valence-corrected chi connectivity index (χ4v) is 4.26. The van der Waals surface area contributed by atoms with E-state index in [1.54, 1.807) is 12.3 Å². The van der Waals surface area contributed by atoms with Crippen LogP contribution in [0.3, 0.4) is 0 Å². The molecule has 1 aromatic heterocycles. The molecule has 6 rings (SSSR count). The van der Waals surface area contributed by atoms with E-state index in [9.17, 15) is 8.78 Å². The number of hydrogen-bond acceptors (Lipinski definition) is 2. The predicted molar refractivity (Wildman–Crippen MR) is 130 cm³/mol. The molecule has 0 saturated heterocycles. The molecule has 3 aromatic carbocycles. The van der Waals surface area contributed by atoms with Crippen LogP contribution in [0.15, 0.2) is 85.3 Å². The average Bonchev–Trinajstić information content (AvgIpc) is 3.36. The molecule has 0 radical (unpaired) electrons. The fraction of sp³-hybridized carbons (Fsp3) is 0.138. The third kappa shape index (κ3) is 5.19. The number of aryl methyl sites for hydroxylation is 1. The first-order chi connectivity index (χ1) is 16.6. The number of halogens is 2. The van der Waals surface area contributed by atoms with Gasteiger partial charge in [0.05, 0.1) is 11.6 Å². The van der Waals surface area contributed by atoms with Crippen LogP contribution in [0.25, 0.3) is 27.7 Å². The molecule has 176 valence electrons. The van der Waals surface area contributed by atoms with Gasteiger partial charge in [0, 0.05) is 18.3 Å². The number of nitrogens with zero attached hydrogens (tertiary/aromatic N) is 3. The van der Waals surface area contributed by atoms with E-state index in [1.807, 2.05) is 49.5 Å². The van der Waals surface area contributed by atoms with E-state index < -0.39 is 11.6 Å². The molecule has 1 unspecified atom stereocenters. The fourth-order valence-electron chi connectivity index (χ4n) is 4.26. The summed E-state index contributed by atoms with van der Waals surface area (Å²) in [5.41, 5.74) is 6.04. The number of aromatic nitrogens is 1. The molecule has 0 N–H and O–H groups in total. The molecule has 0 amide bonds. The molecule has 3 heterocycles. The summed E-state index contributed by atoms with van der Waals surface area (Å²) in [6.45, 7) is 3.00. The van der Waals surface area contributed by atoms with Crippen molar-refractivity contribution in [1.29, 1.82) is 0 Å². The second kappa shape index (κ2) is 10.9. The molecule has 35 heavy (non-hydrogen) atoms. The number of benzene rings is 3. The van der Waals surface area contributed by atoms with E-state index >= 15 is 0 Å². The Morgan fingerprint density at radius 1 is 1.03 bits per heavy atom. The zero-order chi connectivity index (χ0) is 23.5. The van der Waals surface area contributed by atoms with Crippen molar-refractivity contribution in [1.82, 2.24) is 9.88 Å². The SMILES string of the molecule is Cc1cc(-c2[c-]ccc(F)c2F)ncc1-c1ccccc1.[Ir+3].[c-]1cccc2c1C1[N-]C=CN1CC2. The summed E-state index contributed by atoms with van der Waals surface area (Å²) in [6, 6.07) is 26.1. The van der Waals surface area contributed by atoms with Gasteiger partial charge < -0.3 is 15.2 Å². The van der Waals surface area contributed by atoms with Gasteiger partial charge >= 0.3 is 20.1 Å². The van der Waals surface area contributed by atoms with Crippen LogP contribution in [-0.4, -0.2) is 16.4 Å². The summed E-state index contributed by atoms with van der Waals surface area (Å²) in [6.07, 6.45) is 6.96. The van der Waals surface area contributed by atoms with Crippen molar-refractivity contribution in [2.45, 2.75) is 19.5 Å². The molecule has 6 heteroatoms. The maximum absolute atomic E-state index is 13.8. The number of fused-ring (bicyclic) bond motifs is 3. The van der Waals surface area contributed by atoms with Gasteiger partial charge in [-0.3, -0.25) is 4.39 Å². The zero-order valence-electron chi connectivity index (χ0n) is 19.0. The molecule has 0 spiro atoms. The second-order valence-corrected chi connectivity index (χ2v) is 8.18. The molecule has 1 atom stereocenters. The van der Waals surface area contributed by atoms with Crippen molar-refractivity contribution in [3.8, 4) is 22.4 Å². The first kappa shape index (κ1) is 24.8. The first-order valence-corrected chi connectivity index (χ1v) is 11.1. The molecular formula is C29H22F2IrN3. The van der Waals surface area contributed by atoms with E-state index in [-0.39, 0.29) is 31.8 Å². The third-order valence-electron chi connectivity index (χ3n) is 6.01.